The number of aromatic nitrogens is 4. The zero-order valence-corrected chi connectivity index (χ0v) is 25.8. The first-order chi connectivity index (χ1) is 21.9. The smallest absolute Gasteiger partial charge is 0.338 e. The van der Waals surface area contributed by atoms with Crippen molar-refractivity contribution in [2.75, 3.05) is 6.54 Å². The Morgan fingerprint density at radius 1 is 0.979 bits per heavy atom. The van der Waals surface area contributed by atoms with E-state index in [1.807, 2.05) is 0 Å². The minimum atomic E-state index is -6.34. The number of nitrogens with zero attached hydrogens (tertiary/aromatic N) is 4. The Morgan fingerprint density at radius 3 is 2.19 bits per heavy atom. The maximum atomic E-state index is 15.2. The normalized spacial score (nSPS) is 30.3. The van der Waals surface area contributed by atoms with Crippen LogP contribution < -0.4 is 0 Å². The second-order valence-corrected chi connectivity index (χ2v) is 15.2. The summed E-state index contributed by atoms with van der Waals surface area (Å²) in [5.41, 5.74) is -9.04. The van der Waals surface area contributed by atoms with Crippen LogP contribution in [-0.4, -0.2) is 75.2 Å². The number of rotatable bonds is 5. The highest BCUT2D eigenvalue weighted by atomic mass is 32.2. The Hall–Kier alpha value is -3.37. The molecular weight excluding hydrogens is 662 g/mol. The molecule has 1 aromatic carbocycles. The van der Waals surface area contributed by atoms with Crippen LogP contribution in [0.5, 0.6) is 0 Å². The van der Waals surface area contributed by atoms with Gasteiger partial charge in [0.2, 0.25) is 5.91 Å². The van der Waals surface area contributed by atoms with E-state index in [9.17, 15) is 43.9 Å². The number of benzene rings is 1. The first-order valence-corrected chi connectivity index (χ1v) is 16.6. The van der Waals surface area contributed by atoms with Crippen LogP contribution in [0.25, 0.3) is 0 Å². The van der Waals surface area contributed by atoms with Crippen molar-refractivity contribution in [3.05, 3.63) is 59.2 Å². The van der Waals surface area contributed by atoms with Gasteiger partial charge in [0.15, 0.2) is 15.7 Å². The molecule has 1 saturated heterocycles. The highest BCUT2D eigenvalue weighted by Crippen LogP contribution is 2.64. The summed E-state index contributed by atoms with van der Waals surface area (Å²) in [5.74, 6) is -0.973. The Bertz CT molecular complexity index is 1690. The first kappa shape index (κ1) is 33.5. The van der Waals surface area contributed by atoms with Crippen LogP contribution in [0, 0.1) is 17.2 Å². The Morgan fingerprint density at radius 2 is 1.62 bits per heavy atom. The van der Waals surface area contributed by atoms with Crippen molar-refractivity contribution in [2.24, 2.45) is 11.3 Å². The molecule has 8 nitrogen and oxygen atoms in total. The predicted molar refractivity (Wildman–Crippen MR) is 149 cm³/mol. The molecule has 47 heavy (non-hydrogen) atoms. The predicted octanol–water partition coefficient (Wildman–Crippen LogP) is 6.32. The van der Waals surface area contributed by atoms with Gasteiger partial charge in [-0.2, -0.15) is 31.6 Å². The van der Waals surface area contributed by atoms with Crippen molar-refractivity contribution in [3.8, 4) is 0 Å². The number of fused-ring (bicyclic) bond motifs is 3. The fourth-order valence-electron chi connectivity index (χ4n) is 8.43. The summed E-state index contributed by atoms with van der Waals surface area (Å²) >= 11 is 0. The maximum absolute atomic E-state index is 15.2. The van der Waals surface area contributed by atoms with Gasteiger partial charge in [-0.05, 0) is 75.6 Å². The van der Waals surface area contributed by atoms with Gasteiger partial charge in [-0.3, -0.25) is 4.79 Å². The van der Waals surface area contributed by atoms with Crippen LogP contribution in [0.3, 0.4) is 0 Å². The van der Waals surface area contributed by atoms with Crippen LogP contribution in [0.2, 0.25) is 0 Å². The average Bonchev–Trinajstić information content (AvgIpc) is 3.69. The summed E-state index contributed by atoms with van der Waals surface area (Å²) < 4.78 is 139. The van der Waals surface area contributed by atoms with Gasteiger partial charge in [-0.25, -0.2) is 17.2 Å². The number of hydrogen-bond acceptors (Lipinski definition) is 6. The fraction of sp³-hybridized carbons (Fsp3) is 0.600. The summed E-state index contributed by atoms with van der Waals surface area (Å²) in [7, 11) is -4.55. The van der Waals surface area contributed by atoms with Gasteiger partial charge in [0.25, 0.3) is 0 Å². The molecule has 1 aromatic heterocycles. The lowest BCUT2D eigenvalue weighted by Gasteiger charge is -2.56. The van der Waals surface area contributed by atoms with E-state index in [-0.39, 0.29) is 48.1 Å². The van der Waals surface area contributed by atoms with Gasteiger partial charge >= 0.3 is 18.0 Å². The molecule has 17 heteroatoms. The van der Waals surface area contributed by atoms with Gasteiger partial charge in [0.05, 0.1) is 10.9 Å². The Labute approximate surface area is 264 Å². The molecule has 0 bridgehead atoms. The lowest BCUT2D eigenvalue weighted by Crippen LogP contribution is -2.64. The standard InChI is InChI=1S/C30H31F8N5O3S/c1-26-13-12-20(28(32,29(33,34)35)30(36,37)38)16-19(26)6-11-23-27(26,47(45,46)22-9-7-21(31)8-10-22)14-15-43(23)25(44)18-4-2-17(3-5-18)24-39-41-42-40-24/h7-10,12,16-18,23H,2-6,11,13-15H2,1H3,(H,39,40,41,42)/t17?,18?,23-,26?,27+/m0/s1. The highest BCUT2D eigenvalue weighted by molar-refractivity contribution is 7.93. The quantitative estimate of drug-likeness (QED) is 0.290. The molecule has 3 fully saturated rings. The van der Waals surface area contributed by atoms with E-state index in [0.717, 1.165) is 24.3 Å². The number of carbonyl (C=O) groups is 1. The number of aromatic amines is 1. The summed E-state index contributed by atoms with van der Waals surface area (Å²) in [4.78, 5) is 15.3. The molecule has 256 valence electrons. The highest BCUT2D eigenvalue weighted by Gasteiger charge is 2.75. The van der Waals surface area contributed by atoms with E-state index in [1.165, 1.54) is 11.8 Å². The molecule has 0 radical (unpaired) electrons. The third-order valence-electron chi connectivity index (χ3n) is 10.9. The van der Waals surface area contributed by atoms with E-state index in [0.29, 0.717) is 43.7 Å². The van der Waals surface area contributed by atoms with Crippen LogP contribution in [0.4, 0.5) is 35.1 Å². The van der Waals surface area contributed by atoms with Crippen LogP contribution >= 0.6 is 0 Å². The number of carbonyl (C=O) groups excluding carboxylic acids is 1. The minimum absolute atomic E-state index is 0.0187. The summed E-state index contributed by atoms with van der Waals surface area (Å²) in [5, 5.41) is 14.0. The van der Waals surface area contributed by atoms with Crippen molar-refractivity contribution in [1.29, 1.82) is 0 Å². The molecule has 1 aliphatic heterocycles. The number of alkyl halides is 7. The second-order valence-electron chi connectivity index (χ2n) is 13.0. The number of tetrazole rings is 1. The number of halogens is 8. The molecular formula is C30H31F8N5O3S. The number of sulfone groups is 1. The Balaban J connectivity index is 1.40. The fourth-order valence-corrected chi connectivity index (χ4v) is 11.1. The lowest BCUT2D eigenvalue weighted by molar-refractivity contribution is -0.325. The molecule has 4 aliphatic rings. The molecule has 1 amide bonds. The molecule has 0 spiro atoms. The molecule has 3 atom stereocenters. The number of nitrogens with one attached hydrogen (secondary N) is 1. The van der Waals surface area contributed by atoms with Crippen LogP contribution in [-0.2, 0) is 14.6 Å². The molecule has 3 aliphatic carbocycles. The van der Waals surface area contributed by atoms with E-state index in [2.05, 4.69) is 20.6 Å². The number of amides is 1. The second kappa shape index (κ2) is 11.1. The third-order valence-corrected chi connectivity index (χ3v) is 13.7. The largest absolute Gasteiger partial charge is 0.435 e. The SMILES string of the molecule is CC12CC=C(C(F)(C(F)(F)F)C(F)(F)F)C=C1CC[C@@H]1N(C(=O)C3CCC(c4nn[nH]n4)CC3)CC[C@@]12S(=O)(=O)c1ccc(F)cc1. The van der Waals surface area contributed by atoms with E-state index in [1.54, 1.807) is 0 Å². The van der Waals surface area contributed by atoms with Crippen molar-refractivity contribution < 1.29 is 48.3 Å². The van der Waals surface area contributed by atoms with Crippen LogP contribution in [0.1, 0.15) is 70.0 Å². The molecule has 2 saturated carbocycles. The van der Waals surface area contributed by atoms with Gasteiger partial charge in [-0.1, -0.05) is 29.9 Å². The zero-order valence-electron chi connectivity index (χ0n) is 25.0. The van der Waals surface area contributed by atoms with Gasteiger partial charge in [0, 0.05) is 29.4 Å². The molecule has 2 aromatic rings. The monoisotopic (exact) mass is 693 g/mol. The molecule has 6 rings (SSSR count). The number of allylic oxidation sites excluding steroid dienone is 4. The Kier molecular flexibility index (Phi) is 7.91. The van der Waals surface area contributed by atoms with Crippen molar-refractivity contribution in [3.63, 3.8) is 0 Å². The summed E-state index contributed by atoms with van der Waals surface area (Å²) in [6, 6.07) is 2.96. The van der Waals surface area contributed by atoms with Crippen molar-refractivity contribution in [1.82, 2.24) is 25.5 Å². The van der Waals surface area contributed by atoms with E-state index in [4.69, 9.17) is 0 Å². The van der Waals surface area contributed by atoms with E-state index < -0.39 is 67.8 Å². The topological polar surface area (TPSA) is 109 Å². The molecule has 2 heterocycles. The molecule has 1 unspecified atom stereocenters. The molecule has 1 N–H and O–H groups in total. The van der Waals surface area contributed by atoms with Crippen molar-refractivity contribution >= 4 is 15.7 Å². The van der Waals surface area contributed by atoms with Gasteiger partial charge in [-0.15, -0.1) is 10.2 Å². The van der Waals surface area contributed by atoms with Crippen molar-refractivity contribution in [2.45, 2.75) is 97.9 Å². The third kappa shape index (κ3) is 4.84. The van der Waals surface area contributed by atoms with E-state index >= 15 is 4.39 Å². The number of hydrogen-bond donors (Lipinski definition) is 1. The first-order valence-electron chi connectivity index (χ1n) is 15.2. The van der Waals surface area contributed by atoms with Gasteiger partial charge < -0.3 is 4.90 Å². The lowest BCUT2D eigenvalue weighted by atomic mass is 9.57. The maximum Gasteiger partial charge on any atom is 0.435 e. The minimum Gasteiger partial charge on any atom is -0.338 e. The van der Waals surface area contributed by atoms with Gasteiger partial charge in [0.1, 0.15) is 10.6 Å². The average molecular weight is 694 g/mol. The summed E-state index contributed by atoms with van der Waals surface area (Å²) in [6.45, 7) is 1.40. The number of likely N-dealkylation sites (tertiary alicyclic amines) is 1. The number of H-pyrrole nitrogens is 1. The van der Waals surface area contributed by atoms with Crippen LogP contribution in [0.15, 0.2) is 52.5 Å². The zero-order chi connectivity index (χ0) is 34.2. The summed E-state index contributed by atoms with van der Waals surface area (Å²) in [6.07, 6.45) is -10.7.